The predicted molar refractivity (Wildman–Crippen MR) is 133 cm³/mol. The molecule has 4 saturated heterocycles. The lowest BCUT2D eigenvalue weighted by molar-refractivity contribution is 0.0217. The van der Waals surface area contributed by atoms with Crippen LogP contribution in [0.1, 0.15) is 93.1 Å². The van der Waals surface area contributed by atoms with Crippen LogP contribution in [0, 0.1) is 23.7 Å². The van der Waals surface area contributed by atoms with Crippen molar-refractivity contribution in [1.29, 1.82) is 0 Å². The lowest BCUT2D eigenvalue weighted by atomic mass is 9.64. The highest BCUT2D eigenvalue weighted by molar-refractivity contribution is 5.56. The van der Waals surface area contributed by atoms with Crippen LogP contribution < -0.4 is 0 Å². The van der Waals surface area contributed by atoms with Gasteiger partial charge in [-0.3, -0.25) is 9.80 Å². The molecule has 0 radical (unpaired) electrons. The third kappa shape index (κ3) is 1.69. The van der Waals surface area contributed by atoms with Crippen molar-refractivity contribution in [3.8, 4) is 0 Å². The van der Waals surface area contributed by atoms with Gasteiger partial charge in [0.15, 0.2) is 0 Å². The maximum Gasteiger partial charge on any atom is 0.0888 e. The van der Waals surface area contributed by atoms with Gasteiger partial charge in [-0.05, 0) is 70.7 Å². The molecule has 0 spiro atoms. The first-order valence-corrected chi connectivity index (χ1v) is 13.8. The molecule has 8 bridgehead atoms. The van der Waals surface area contributed by atoms with Gasteiger partial charge in [0.25, 0.3) is 0 Å². The standard InChI is InChI=1S/C32H28N2O2/c1-33-25-13-7-3-4-8-14(13)26(33)22-21(25)29-17-11-19-20(12-18(17)30(22)35-29)32-24-23(31(19)36-32)27-15-9-5-6-10-16(15)28(24)34(27)2/h3-12,21-32H,1-2H3/t21-,22-,23-,24+,25-,26-,27-,28-,29-,30-,31+,32+/m0/s1. The van der Waals surface area contributed by atoms with Gasteiger partial charge >= 0.3 is 0 Å². The summed E-state index contributed by atoms with van der Waals surface area (Å²) in [5, 5.41) is 0. The minimum absolute atomic E-state index is 0.226. The van der Waals surface area contributed by atoms with Crippen molar-refractivity contribution in [3.63, 3.8) is 0 Å². The van der Waals surface area contributed by atoms with Gasteiger partial charge in [0.1, 0.15) is 0 Å². The number of fused-ring (bicyclic) bond motifs is 30. The minimum atomic E-state index is 0.226. The van der Waals surface area contributed by atoms with Crippen molar-refractivity contribution >= 4 is 0 Å². The van der Waals surface area contributed by atoms with Crippen molar-refractivity contribution in [2.75, 3.05) is 14.1 Å². The van der Waals surface area contributed by atoms with E-state index in [4.69, 9.17) is 9.47 Å². The molecule has 0 N–H and O–H groups in total. The van der Waals surface area contributed by atoms with Crippen molar-refractivity contribution in [3.05, 3.63) is 105 Å². The Bertz CT molecular complexity index is 1330. The highest BCUT2D eigenvalue weighted by Crippen LogP contribution is 2.76. The Morgan fingerprint density at radius 1 is 0.444 bits per heavy atom. The summed E-state index contributed by atoms with van der Waals surface area (Å²) >= 11 is 0. The molecule has 8 aliphatic rings. The van der Waals surface area contributed by atoms with Crippen LogP contribution in [0.4, 0.5) is 0 Å². The van der Waals surface area contributed by atoms with E-state index in [-0.39, 0.29) is 24.4 Å². The van der Waals surface area contributed by atoms with Gasteiger partial charge in [0.2, 0.25) is 0 Å². The molecular formula is C32H28N2O2. The summed E-state index contributed by atoms with van der Waals surface area (Å²) in [7, 11) is 4.69. The van der Waals surface area contributed by atoms with E-state index in [9.17, 15) is 0 Å². The molecule has 8 aliphatic heterocycles. The molecule has 0 saturated carbocycles. The Morgan fingerprint density at radius 2 is 0.722 bits per heavy atom. The molecule has 178 valence electrons. The molecule has 0 aromatic heterocycles. The Labute approximate surface area is 210 Å². The fraction of sp³-hybridized carbons (Fsp3) is 0.438. The molecule has 3 aromatic rings. The molecule has 0 unspecified atom stereocenters. The first-order chi connectivity index (χ1) is 17.7. The zero-order valence-corrected chi connectivity index (χ0v) is 20.4. The van der Waals surface area contributed by atoms with Crippen molar-refractivity contribution < 1.29 is 9.47 Å². The molecular weight excluding hydrogens is 444 g/mol. The average molecular weight is 473 g/mol. The maximum atomic E-state index is 6.88. The number of nitrogens with zero attached hydrogens (tertiary/aromatic N) is 2. The molecule has 8 heterocycles. The quantitative estimate of drug-likeness (QED) is 0.408. The third-order valence-electron chi connectivity index (χ3n) is 11.9. The van der Waals surface area contributed by atoms with Crippen LogP contribution in [0.3, 0.4) is 0 Å². The second kappa shape index (κ2) is 5.66. The number of hydrogen-bond donors (Lipinski definition) is 0. The highest BCUT2D eigenvalue weighted by atomic mass is 16.5. The van der Waals surface area contributed by atoms with Crippen LogP contribution >= 0.6 is 0 Å². The second-order valence-electron chi connectivity index (χ2n) is 12.7. The Kier molecular flexibility index (Phi) is 2.94. The normalized spacial score (nSPS) is 46.7. The Morgan fingerprint density at radius 3 is 1.00 bits per heavy atom. The van der Waals surface area contributed by atoms with E-state index >= 15 is 0 Å². The molecule has 12 atom stereocenters. The van der Waals surface area contributed by atoms with Gasteiger partial charge in [-0.15, -0.1) is 0 Å². The third-order valence-corrected chi connectivity index (χ3v) is 11.9. The van der Waals surface area contributed by atoms with Crippen LogP contribution in [0.2, 0.25) is 0 Å². The zero-order chi connectivity index (χ0) is 23.2. The Hall–Kier alpha value is -2.50. The molecule has 11 rings (SSSR count). The molecule has 3 aromatic carbocycles. The summed E-state index contributed by atoms with van der Waals surface area (Å²) in [6, 6.07) is 25.3. The van der Waals surface area contributed by atoms with Gasteiger partial charge in [0, 0.05) is 47.8 Å². The second-order valence-corrected chi connectivity index (χ2v) is 12.7. The van der Waals surface area contributed by atoms with Crippen LogP contribution in [0.15, 0.2) is 60.7 Å². The number of benzene rings is 3. The van der Waals surface area contributed by atoms with E-state index in [0.29, 0.717) is 47.8 Å². The van der Waals surface area contributed by atoms with Gasteiger partial charge < -0.3 is 9.47 Å². The largest absolute Gasteiger partial charge is 0.365 e. The Balaban J connectivity index is 1.05. The van der Waals surface area contributed by atoms with Gasteiger partial charge in [-0.2, -0.15) is 0 Å². The summed E-state index contributed by atoms with van der Waals surface area (Å²) in [4.78, 5) is 5.31. The van der Waals surface area contributed by atoms with E-state index in [2.05, 4.69) is 84.6 Å². The summed E-state index contributed by atoms with van der Waals surface area (Å²) in [5.74, 6) is 2.27. The lowest BCUT2D eigenvalue weighted by Gasteiger charge is -2.35. The summed E-state index contributed by atoms with van der Waals surface area (Å²) in [6.45, 7) is 0. The molecule has 4 fully saturated rings. The van der Waals surface area contributed by atoms with Gasteiger partial charge in [-0.1, -0.05) is 48.5 Å². The fourth-order valence-corrected chi connectivity index (χ4v) is 11.0. The summed E-state index contributed by atoms with van der Waals surface area (Å²) < 4.78 is 13.8. The van der Waals surface area contributed by atoms with Crippen LogP contribution in [-0.2, 0) is 9.47 Å². The molecule has 36 heavy (non-hydrogen) atoms. The summed E-state index contributed by atoms with van der Waals surface area (Å²) in [6.07, 6.45) is 0.905. The first kappa shape index (κ1) is 18.7. The first-order valence-electron chi connectivity index (χ1n) is 13.8. The average Bonchev–Trinajstić information content (AvgIpc) is 3.75. The SMILES string of the molecule is CN1[C@H]2c3ccccc3[C@H]1[C@@H]1[C@@H]2[C@H]2O[C@H]1c1cc3c(cc12)[C@H]1O[C@H]3[C@@H]2[C@H]1[C@@H]1c3ccccc3[C@@H]2N1C. The van der Waals surface area contributed by atoms with E-state index in [1.807, 2.05) is 0 Å². The highest BCUT2D eigenvalue weighted by Gasteiger charge is 2.69. The minimum Gasteiger partial charge on any atom is -0.365 e. The smallest absolute Gasteiger partial charge is 0.0888 e. The monoisotopic (exact) mass is 472 g/mol. The van der Waals surface area contributed by atoms with Crippen LogP contribution in [-0.4, -0.2) is 23.9 Å². The lowest BCUT2D eigenvalue weighted by Crippen LogP contribution is -2.29. The molecule has 0 amide bonds. The van der Waals surface area contributed by atoms with Gasteiger partial charge in [-0.25, -0.2) is 0 Å². The number of rotatable bonds is 0. The van der Waals surface area contributed by atoms with E-state index in [1.54, 1.807) is 22.3 Å². The zero-order valence-electron chi connectivity index (χ0n) is 20.4. The molecule has 0 aliphatic carbocycles. The van der Waals surface area contributed by atoms with Crippen molar-refractivity contribution in [2.45, 2.75) is 48.6 Å². The number of hydrogen-bond acceptors (Lipinski definition) is 4. The summed E-state index contributed by atoms with van der Waals surface area (Å²) in [5.41, 5.74) is 12.1. The topological polar surface area (TPSA) is 24.9 Å². The fourth-order valence-electron chi connectivity index (χ4n) is 11.0. The molecule has 4 heteroatoms. The predicted octanol–water partition coefficient (Wildman–Crippen LogP) is 5.89. The van der Waals surface area contributed by atoms with Crippen molar-refractivity contribution in [2.24, 2.45) is 23.7 Å². The van der Waals surface area contributed by atoms with Crippen LogP contribution in [0.25, 0.3) is 0 Å². The number of ether oxygens (including phenoxy) is 2. The maximum absolute atomic E-state index is 6.88. The van der Waals surface area contributed by atoms with E-state index in [0.717, 1.165) is 0 Å². The van der Waals surface area contributed by atoms with E-state index < -0.39 is 0 Å². The van der Waals surface area contributed by atoms with Crippen molar-refractivity contribution in [1.82, 2.24) is 9.80 Å². The van der Waals surface area contributed by atoms with Crippen LogP contribution in [0.5, 0.6) is 0 Å². The van der Waals surface area contributed by atoms with E-state index in [1.165, 1.54) is 22.3 Å². The molecule has 4 nitrogen and oxygen atoms in total. The van der Waals surface area contributed by atoms with Gasteiger partial charge in [0.05, 0.1) is 24.4 Å².